The zero-order chi connectivity index (χ0) is 41.0. The minimum atomic E-state index is -0.270. The van der Waals surface area contributed by atoms with Gasteiger partial charge in [-0.1, -0.05) is 136 Å². The lowest BCUT2D eigenvalue weighted by Gasteiger charge is -2.29. The van der Waals surface area contributed by atoms with Gasteiger partial charge in [-0.05, 0) is 116 Å². The van der Waals surface area contributed by atoms with Crippen molar-refractivity contribution in [3.05, 3.63) is 161 Å². The fraction of sp³-hybridized carbons (Fsp3) is 0.250. The molecule has 0 bridgehead atoms. The minimum Gasteiger partial charge on any atom is -0.456 e. The van der Waals surface area contributed by atoms with E-state index in [4.69, 9.17) is 8.83 Å². The van der Waals surface area contributed by atoms with Crippen molar-refractivity contribution in [1.82, 2.24) is 0 Å². The third-order valence-corrected chi connectivity index (χ3v) is 13.7. The average molecular weight is 770 g/mol. The number of fused-ring (bicyclic) bond motifs is 13. The first-order valence-electron chi connectivity index (χ1n) is 21.2. The summed E-state index contributed by atoms with van der Waals surface area (Å²) in [5, 5.41) is 4.64. The zero-order valence-electron chi connectivity index (χ0n) is 35.9. The molecule has 2 heterocycles. The van der Waals surface area contributed by atoms with E-state index in [1.54, 1.807) is 0 Å². The lowest BCUT2D eigenvalue weighted by atomic mass is 9.79. The van der Waals surface area contributed by atoms with E-state index in [9.17, 15) is 0 Å². The van der Waals surface area contributed by atoms with Crippen molar-refractivity contribution in [2.75, 3.05) is 4.90 Å². The third-order valence-electron chi connectivity index (χ3n) is 13.7. The van der Waals surface area contributed by atoms with Gasteiger partial charge in [0.05, 0.1) is 0 Å². The fourth-order valence-electron chi connectivity index (χ4n) is 10.5. The highest BCUT2D eigenvalue weighted by Crippen LogP contribution is 2.56. The summed E-state index contributed by atoms with van der Waals surface area (Å²) in [7, 11) is 0. The van der Waals surface area contributed by atoms with Gasteiger partial charge in [-0.3, -0.25) is 0 Å². The summed E-state index contributed by atoms with van der Waals surface area (Å²) in [6.45, 7) is 23.3. The normalized spacial score (nSPS) is 15.2. The Bertz CT molecular complexity index is 3240. The number of benzene rings is 7. The first-order chi connectivity index (χ1) is 28.0. The number of para-hydroxylation sites is 1. The monoisotopic (exact) mass is 769 g/mol. The molecule has 0 radical (unpaired) electrons. The van der Waals surface area contributed by atoms with Crippen molar-refractivity contribution < 1.29 is 8.83 Å². The van der Waals surface area contributed by atoms with Gasteiger partial charge in [-0.2, -0.15) is 0 Å². The van der Waals surface area contributed by atoms with Gasteiger partial charge in [-0.25, -0.2) is 0 Å². The highest BCUT2D eigenvalue weighted by molar-refractivity contribution is 6.11. The van der Waals surface area contributed by atoms with Crippen LogP contribution in [0.15, 0.2) is 136 Å². The number of hydrogen-bond acceptors (Lipinski definition) is 3. The lowest BCUT2D eigenvalue weighted by molar-refractivity contribution is 0.556. The molecular formula is C56H51NO2. The Morgan fingerprint density at radius 1 is 0.424 bits per heavy atom. The van der Waals surface area contributed by atoms with E-state index in [0.29, 0.717) is 0 Å². The summed E-state index contributed by atoms with van der Waals surface area (Å²) in [6.07, 6.45) is 0. The van der Waals surface area contributed by atoms with Crippen LogP contribution < -0.4 is 4.90 Å². The number of rotatable bonds is 3. The van der Waals surface area contributed by atoms with Crippen LogP contribution in [0.3, 0.4) is 0 Å². The summed E-state index contributed by atoms with van der Waals surface area (Å²) in [5.74, 6) is 0. The van der Waals surface area contributed by atoms with E-state index in [1.807, 2.05) is 6.07 Å². The van der Waals surface area contributed by atoms with E-state index < -0.39 is 0 Å². The van der Waals surface area contributed by atoms with Crippen molar-refractivity contribution in [3.8, 4) is 22.3 Å². The molecule has 2 aromatic heterocycles. The van der Waals surface area contributed by atoms with Crippen molar-refractivity contribution >= 4 is 60.9 Å². The Labute approximate surface area is 347 Å². The molecule has 7 aromatic carbocycles. The van der Waals surface area contributed by atoms with E-state index in [1.165, 1.54) is 66.4 Å². The molecule has 0 spiro atoms. The topological polar surface area (TPSA) is 29.5 Å². The molecule has 0 unspecified atom stereocenters. The Morgan fingerprint density at radius 3 is 1.86 bits per heavy atom. The number of hydrogen-bond donors (Lipinski definition) is 0. The molecule has 11 rings (SSSR count). The quantitative estimate of drug-likeness (QED) is 0.179. The lowest BCUT2D eigenvalue weighted by Crippen LogP contribution is -2.17. The van der Waals surface area contributed by atoms with Gasteiger partial charge in [0.15, 0.2) is 0 Å². The molecule has 0 saturated carbocycles. The van der Waals surface area contributed by atoms with E-state index in [2.05, 4.69) is 195 Å². The maximum atomic E-state index is 7.14. The van der Waals surface area contributed by atoms with Crippen LogP contribution in [0.5, 0.6) is 0 Å². The van der Waals surface area contributed by atoms with Crippen LogP contribution in [0.25, 0.3) is 66.1 Å². The molecule has 0 atom stereocenters. The Kier molecular flexibility index (Phi) is 7.20. The summed E-state index contributed by atoms with van der Waals surface area (Å²) in [6, 6.07) is 47.5. The smallest absolute Gasteiger partial charge is 0.140 e. The molecule has 0 N–H and O–H groups in total. The number of nitrogens with zero attached hydrogens (tertiary/aromatic N) is 1. The van der Waals surface area contributed by atoms with Crippen LogP contribution in [-0.2, 0) is 21.7 Å². The molecular weight excluding hydrogens is 719 g/mol. The second-order valence-corrected chi connectivity index (χ2v) is 20.2. The van der Waals surface area contributed by atoms with E-state index >= 15 is 0 Å². The van der Waals surface area contributed by atoms with Crippen LogP contribution in [0.1, 0.15) is 103 Å². The molecule has 9 aromatic rings. The number of anilines is 3. The summed E-state index contributed by atoms with van der Waals surface area (Å²) >= 11 is 0. The molecule has 0 aliphatic heterocycles. The van der Waals surface area contributed by atoms with Crippen molar-refractivity contribution in [1.29, 1.82) is 0 Å². The standard InChI is InChI=1S/C56H51NO2/c1-53(2,3)32-27-43-40-24-23-39-41-29-33(20-25-45(41)56(9,10)50(39)52(40)59-51(43)47(28-32)54(4,5)6)57(34-21-26-49-42(30-34)38-16-12-14-18-48(38)58-49)35-19-22-37-36-15-11-13-17-44(36)55(7,8)46(37)31-35/h11-31H,1-10H3. The van der Waals surface area contributed by atoms with Crippen LogP contribution in [0.2, 0.25) is 0 Å². The summed E-state index contributed by atoms with van der Waals surface area (Å²) < 4.78 is 13.5. The largest absolute Gasteiger partial charge is 0.456 e. The van der Waals surface area contributed by atoms with Crippen LogP contribution in [-0.4, -0.2) is 0 Å². The van der Waals surface area contributed by atoms with E-state index in [-0.39, 0.29) is 21.7 Å². The SMILES string of the molecule is CC(C)(C)c1cc(C(C)(C)C)c2oc3c4c(ccc3c2c1)-c1cc(N(c2ccc3c(c2)C(C)(C)c2ccccc2-3)c2ccc3oc5ccccc5c3c2)ccc1C4(C)C. The van der Waals surface area contributed by atoms with Gasteiger partial charge in [0, 0.05) is 60.6 Å². The predicted octanol–water partition coefficient (Wildman–Crippen LogP) is 16.2. The van der Waals surface area contributed by atoms with Crippen LogP contribution in [0, 0.1) is 0 Å². The van der Waals surface area contributed by atoms with Gasteiger partial charge in [-0.15, -0.1) is 0 Å². The first kappa shape index (κ1) is 36.1. The van der Waals surface area contributed by atoms with Gasteiger partial charge in [0.2, 0.25) is 0 Å². The predicted molar refractivity (Wildman–Crippen MR) is 248 cm³/mol. The van der Waals surface area contributed by atoms with Crippen LogP contribution >= 0.6 is 0 Å². The van der Waals surface area contributed by atoms with Crippen molar-refractivity contribution in [3.63, 3.8) is 0 Å². The highest BCUT2D eigenvalue weighted by Gasteiger charge is 2.40. The van der Waals surface area contributed by atoms with Gasteiger partial charge < -0.3 is 13.7 Å². The van der Waals surface area contributed by atoms with E-state index in [0.717, 1.165) is 50.2 Å². The van der Waals surface area contributed by atoms with Gasteiger partial charge >= 0.3 is 0 Å². The highest BCUT2D eigenvalue weighted by atomic mass is 16.3. The molecule has 59 heavy (non-hydrogen) atoms. The van der Waals surface area contributed by atoms with Gasteiger partial charge in [0.1, 0.15) is 22.3 Å². The molecule has 2 aliphatic carbocycles. The maximum absolute atomic E-state index is 7.14. The van der Waals surface area contributed by atoms with Gasteiger partial charge in [0.25, 0.3) is 0 Å². The fourth-order valence-corrected chi connectivity index (χ4v) is 10.5. The number of furan rings is 2. The molecule has 292 valence electrons. The molecule has 3 heteroatoms. The summed E-state index contributed by atoms with van der Waals surface area (Å²) in [4.78, 5) is 2.44. The minimum absolute atomic E-state index is 0.0140. The van der Waals surface area contributed by atoms with Crippen molar-refractivity contribution in [2.24, 2.45) is 0 Å². The third kappa shape index (κ3) is 5.06. The summed E-state index contributed by atoms with van der Waals surface area (Å²) in [5.41, 5.74) is 19.7. The molecule has 0 fully saturated rings. The zero-order valence-corrected chi connectivity index (χ0v) is 35.9. The Balaban J connectivity index is 1.13. The second kappa shape index (κ2) is 11.8. The van der Waals surface area contributed by atoms with Crippen LogP contribution in [0.4, 0.5) is 17.1 Å². The van der Waals surface area contributed by atoms with Crippen molar-refractivity contribution in [2.45, 2.75) is 90.9 Å². The molecule has 0 saturated heterocycles. The average Bonchev–Trinajstić information content (AvgIpc) is 3.89. The molecule has 2 aliphatic rings. The molecule has 0 amide bonds. The maximum Gasteiger partial charge on any atom is 0.140 e. The first-order valence-corrected chi connectivity index (χ1v) is 21.2. The Hall–Kier alpha value is -6.06. The Morgan fingerprint density at radius 2 is 1.07 bits per heavy atom. The second-order valence-electron chi connectivity index (χ2n) is 20.2. The molecule has 3 nitrogen and oxygen atoms in total.